The molecule has 2 unspecified atom stereocenters. The number of morpholine rings is 1. The third-order valence-electron chi connectivity index (χ3n) is 4.29. The third-order valence-corrected chi connectivity index (χ3v) is 4.29. The molecule has 1 fully saturated rings. The summed E-state index contributed by atoms with van der Waals surface area (Å²) in [4.78, 5) is 13.5. The van der Waals surface area contributed by atoms with Crippen LogP contribution in [0.15, 0.2) is 54.6 Å². The molecule has 0 aromatic heterocycles. The summed E-state index contributed by atoms with van der Waals surface area (Å²) in [6.07, 6.45) is 0.0649. The quantitative estimate of drug-likeness (QED) is 0.941. The fraction of sp³-hybridized carbons (Fsp3) is 0.316. The lowest BCUT2D eigenvalue weighted by molar-refractivity contribution is -0.0633. The lowest BCUT2D eigenvalue weighted by atomic mass is 10.0. The molecule has 1 N–H and O–H groups in total. The molecule has 4 nitrogen and oxygen atoms in total. The van der Waals surface area contributed by atoms with E-state index in [1.54, 1.807) is 18.2 Å². The minimum absolute atomic E-state index is 0.0649. The van der Waals surface area contributed by atoms with E-state index in [0.717, 1.165) is 18.7 Å². The second-order valence-electron chi connectivity index (χ2n) is 6.02. The highest BCUT2D eigenvalue weighted by molar-refractivity contribution is 5.87. The van der Waals surface area contributed by atoms with Crippen molar-refractivity contribution in [2.45, 2.75) is 25.6 Å². The van der Waals surface area contributed by atoms with E-state index in [1.807, 2.05) is 24.3 Å². The Morgan fingerprint density at radius 1 is 1.22 bits per heavy atom. The summed E-state index contributed by atoms with van der Waals surface area (Å²) in [5.74, 6) is -0.885. The van der Waals surface area contributed by atoms with Crippen LogP contribution in [-0.4, -0.2) is 35.2 Å². The number of carbonyl (C=O) groups is 1. The molecule has 0 radical (unpaired) electrons. The van der Waals surface area contributed by atoms with Crippen molar-refractivity contribution >= 4 is 5.97 Å². The van der Waals surface area contributed by atoms with Gasteiger partial charge in [0.1, 0.15) is 0 Å². The van der Waals surface area contributed by atoms with Gasteiger partial charge >= 0.3 is 5.97 Å². The second kappa shape index (κ2) is 6.94. The van der Waals surface area contributed by atoms with Gasteiger partial charge in [0, 0.05) is 19.1 Å². The summed E-state index contributed by atoms with van der Waals surface area (Å²) in [6, 6.07) is 17.7. The van der Waals surface area contributed by atoms with Crippen molar-refractivity contribution in [3.8, 4) is 0 Å². The van der Waals surface area contributed by atoms with Crippen molar-refractivity contribution in [3.05, 3.63) is 71.3 Å². The van der Waals surface area contributed by atoms with E-state index in [4.69, 9.17) is 9.84 Å². The van der Waals surface area contributed by atoms with Crippen LogP contribution in [0.1, 0.15) is 34.5 Å². The van der Waals surface area contributed by atoms with Crippen molar-refractivity contribution in [3.63, 3.8) is 0 Å². The molecule has 2 atom stereocenters. The van der Waals surface area contributed by atoms with Crippen molar-refractivity contribution in [2.24, 2.45) is 0 Å². The predicted octanol–water partition coefficient (Wildman–Crippen LogP) is 3.35. The lowest BCUT2D eigenvalue weighted by Crippen LogP contribution is -2.44. The van der Waals surface area contributed by atoms with Crippen LogP contribution in [0.25, 0.3) is 0 Å². The summed E-state index contributed by atoms with van der Waals surface area (Å²) in [6.45, 7) is 4.36. The van der Waals surface area contributed by atoms with Crippen molar-refractivity contribution < 1.29 is 14.6 Å². The van der Waals surface area contributed by atoms with Gasteiger partial charge in [-0.1, -0.05) is 42.5 Å². The third kappa shape index (κ3) is 3.78. The minimum atomic E-state index is -0.885. The smallest absolute Gasteiger partial charge is 0.335 e. The van der Waals surface area contributed by atoms with Crippen LogP contribution in [0, 0.1) is 0 Å². The van der Waals surface area contributed by atoms with Gasteiger partial charge in [0.05, 0.1) is 18.3 Å². The molecule has 4 heteroatoms. The van der Waals surface area contributed by atoms with Gasteiger partial charge in [0.25, 0.3) is 0 Å². The first-order valence-corrected chi connectivity index (χ1v) is 7.86. The zero-order chi connectivity index (χ0) is 16.2. The van der Waals surface area contributed by atoms with Crippen molar-refractivity contribution in [1.29, 1.82) is 0 Å². The summed E-state index contributed by atoms with van der Waals surface area (Å²) >= 11 is 0. The standard InChI is InChI=1S/C19H21NO3/c1-14-13-23-18(16-7-3-2-4-8-16)12-20(14)11-15-6-5-9-17(10-15)19(21)22/h2-10,14,18H,11-13H2,1H3,(H,21,22). The van der Waals surface area contributed by atoms with Crippen LogP contribution in [0.2, 0.25) is 0 Å². The molecule has 0 aliphatic carbocycles. The SMILES string of the molecule is CC1COC(c2ccccc2)CN1Cc1cccc(C(=O)O)c1. The van der Waals surface area contributed by atoms with Crippen molar-refractivity contribution in [2.75, 3.05) is 13.2 Å². The van der Waals surface area contributed by atoms with E-state index in [-0.39, 0.29) is 6.10 Å². The molecule has 0 bridgehead atoms. The van der Waals surface area contributed by atoms with Crippen molar-refractivity contribution in [1.82, 2.24) is 4.90 Å². The summed E-state index contributed by atoms with van der Waals surface area (Å²) < 4.78 is 5.97. The van der Waals surface area contributed by atoms with Crippen LogP contribution in [-0.2, 0) is 11.3 Å². The molecular weight excluding hydrogens is 290 g/mol. The topological polar surface area (TPSA) is 49.8 Å². The van der Waals surface area contributed by atoms with E-state index in [1.165, 1.54) is 5.56 Å². The molecule has 1 aliphatic heterocycles. The van der Waals surface area contributed by atoms with Gasteiger partial charge in [-0.3, -0.25) is 4.90 Å². The molecule has 23 heavy (non-hydrogen) atoms. The molecule has 2 aromatic carbocycles. The molecule has 1 aliphatic rings. The first kappa shape index (κ1) is 15.7. The summed E-state index contributed by atoms with van der Waals surface area (Å²) in [5.41, 5.74) is 2.54. The van der Waals surface area contributed by atoms with Gasteiger partial charge in [-0.05, 0) is 30.2 Å². The van der Waals surface area contributed by atoms with Gasteiger partial charge in [0.2, 0.25) is 0 Å². The highest BCUT2D eigenvalue weighted by atomic mass is 16.5. The maximum atomic E-state index is 11.1. The Balaban J connectivity index is 1.73. The summed E-state index contributed by atoms with van der Waals surface area (Å²) in [5, 5.41) is 9.12. The average molecular weight is 311 g/mol. The van der Waals surface area contributed by atoms with E-state index >= 15 is 0 Å². The van der Waals surface area contributed by atoms with E-state index in [9.17, 15) is 4.79 Å². The maximum Gasteiger partial charge on any atom is 0.335 e. The molecule has 1 saturated heterocycles. The first-order valence-electron chi connectivity index (χ1n) is 7.86. The molecule has 3 rings (SSSR count). The molecule has 1 heterocycles. The van der Waals surface area contributed by atoms with Gasteiger partial charge in [-0.25, -0.2) is 4.79 Å². The second-order valence-corrected chi connectivity index (χ2v) is 6.02. The van der Waals surface area contributed by atoms with Gasteiger partial charge in [0.15, 0.2) is 0 Å². The highest BCUT2D eigenvalue weighted by Crippen LogP contribution is 2.26. The normalized spacial score (nSPS) is 22.0. The Labute approximate surface area is 136 Å². The number of rotatable bonds is 4. The van der Waals surface area contributed by atoms with Gasteiger partial charge in [-0.2, -0.15) is 0 Å². The maximum absolute atomic E-state index is 11.1. The Morgan fingerprint density at radius 2 is 2.00 bits per heavy atom. The molecule has 2 aromatic rings. The minimum Gasteiger partial charge on any atom is -0.478 e. The number of hydrogen-bond acceptors (Lipinski definition) is 3. The Hall–Kier alpha value is -2.17. The van der Waals surface area contributed by atoms with Crippen LogP contribution in [0.4, 0.5) is 0 Å². The number of ether oxygens (including phenoxy) is 1. The van der Waals surface area contributed by atoms with Crippen LogP contribution in [0.5, 0.6) is 0 Å². The van der Waals surface area contributed by atoms with E-state index < -0.39 is 5.97 Å². The molecule has 0 saturated carbocycles. The summed E-state index contributed by atoms with van der Waals surface area (Å²) in [7, 11) is 0. The zero-order valence-electron chi connectivity index (χ0n) is 13.2. The number of benzene rings is 2. The Kier molecular flexibility index (Phi) is 4.74. The molecular formula is C19H21NO3. The molecule has 0 spiro atoms. The van der Waals surface area contributed by atoms with Crippen LogP contribution < -0.4 is 0 Å². The monoisotopic (exact) mass is 311 g/mol. The number of hydrogen-bond donors (Lipinski definition) is 1. The van der Waals surface area contributed by atoms with Crippen LogP contribution >= 0.6 is 0 Å². The first-order chi connectivity index (χ1) is 11.1. The number of carboxylic acids is 1. The predicted molar refractivity (Wildman–Crippen MR) is 88.4 cm³/mol. The number of nitrogens with zero attached hydrogens (tertiary/aromatic N) is 1. The fourth-order valence-corrected chi connectivity index (χ4v) is 2.93. The zero-order valence-corrected chi connectivity index (χ0v) is 13.2. The van der Waals surface area contributed by atoms with E-state index in [2.05, 4.69) is 24.0 Å². The lowest BCUT2D eigenvalue weighted by Gasteiger charge is -2.38. The molecule has 0 amide bonds. The number of aromatic carboxylic acids is 1. The van der Waals surface area contributed by atoms with E-state index in [0.29, 0.717) is 18.2 Å². The average Bonchev–Trinajstić information content (AvgIpc) is 2.58. The van der Waals surface area contributed by atoms with Gasteiger partial charge in [-0.15, -0.1) is 0 Å². The Morgan fingerprint density at radius 3 is 2.74 bits per heavy atom. The fourth-order valence-electron chi connectivity index (χ4n) is 2.93. The number of carboxylic acid groups (broad SMARTS) is 1. The van der Waals surface area contributed by atoms with Gasteiger partial charge < -0.3 is 9.84 Å². The molecule has 120 valence electrons. The Bertz CT molecular complexity index is 671. The van der Waals surface area contributed by atoms with Crippen LogP contribution in [0.3, 0.4) is 0 Å². The largest absolute Gasteiger partial charge is 0.478 e. The highest BCUT2D eigenvalue weighted by Gasteiger charge is 2.27.